The van der Waals surface area contributed by atoms with Crippen LogP contribution in [0.3, 0.4) is 0 Å². The quantitative estimate of drug-likeness (QED) is 0.565. The van der Waals surface area contributed by atoms with Crippen molar-refractivity contribution in [1.29, 1.82) is 0 Å². The van der Waals surface area contributed by atoms with E-state index < -0.39 is 10.2 Å². The van der Waals surface area contributed by atoms with E-state index in [-0.39, 0.29) is 12.5 Å². The predicted molar refractivity (Wildman–Crippen MR) is 69.4 cm³/mol. The number of carbonyl (C=O) groups excluding carboxylic acids is 1. The lowest BCUT2D eigenvalue weighted by molar-refractivity contribution is -0.128. The standard InChI is InChI=1S/C10H23N3O4S/c1-10(14)13(7-5-9-17-4)8-6-11-18(15,16)12(2)3/h11H,5-9H2,1-4H3. The van der Waals surface area contributed by atoms with Gasteiger partial charge in [0.2, 0.25) is 5.91 Å². The number of amides is 1. The molecule has 0 bridgehead atoms. The molecule has 0 atom stereocenters. The molecule has 108 valence electrons. The summed E-state index contributed by atoms with van der Waals surface area (Å²) in [5.74, 6) is -0.0739. The first-order chi connectivity index (χ1) is 8.31. The number of carbonyl (C=O) groups is 1. The molecule has 0 spiro atoms. The van der Waals surface area contributed by atoms with Gasteiger partial charge >= 0.3 is 0 Å². The first-order valence-corrected chi connectivity index (χ1v) is 7.17. The molecule has 0 heterocycles. The van der Waals surface area contributed by atoms with Gasteiger partial charge in [0, 0.05) is 54.4 Å². The van der Waals surface area contributed by atoms with Crippen LogP contribution in [-0.2, 0) is 19.7 Å². The van der Waals surface area contributed by atoms with E-state index in [1.54, 1.807) is 12.0 Å². The molecule has 0 aromatic heterocycles. The highest BCUT2D eigenvalue weighted by Crippen LogP contribution is 1.94. The van der Waals surface area contributed by atoms with Gasteiger partial charge in [-0.25, -0.2) is 4.72 Å². The number of nitrogens with one attached hydrogen (secondary N) is 1. The third kappa shape index (κ3) is 6.90. The van der Waals surface area contributed by atoms with Crippen molar-refractivity contribution in [2.24, 2.45) is 0 Å². The van der Waals surface area contributed by atoms with Crippen molar-refractivity contribution in [1.82, 2.24) is 13.9 Å². The van der Waals surface area contributed by atoms with Crippen molar-refractivity contribution in [2.75, 3.05) is 47.4 Å². The van der Waals surface area contributed by atoms with Gasteiger partial charge in [0.25, 0.3) is 10.2 Å². The monoisotopic (exact) mass is 281 g/mol. The van der Waals surface area contributed by atoms with Crippen LogP contribution >= 0.6 is 0 Å². The fraction of sp³-hybridized carbons (Fsp3) is 0.900. The summed E-state index contributed by atoms with van der Waals surface area (Å²) in [6.07, 6.45) is 0.733. The fourth-order valence-electron chi connectivity index (χ4n) is 1.27. The van der Waals surface area contributed by atoms with E-state index in [4.69, 9.17) is 4.74 Å². The number of nitrogens with zero attached hydrogens (tertiary/aromatic N) is 2. The molecule has 0 saturated heterocycles. The molecule has 8 heteroatoms. The van der Waals surface area contributed by atoms with E-state index in [1.165, 1.54) is 21.0 Å². The molecule has 0 fully saturated rings. The van der Waals surface area contributed by atoms with Crippen LogP contribution in [0.25, 0.3) is 0 Å². The zero-order valence-corrected chi connectivity index (χ0v) is 12.3. The van der Waals surface area contributed by atoms with Crippen LogP contribution in [-0.4, -0.2) is 71.0 Å². The van der Waals surface area contributed by atoms with Gasteiger partial charge in [-0.2, -0.15) is 12.7 Å². The number of ether oxygens (including phenoxy) is 1. The van der Waals surface area contributed by atoms with Gasteiger partial charge < -0.3 is 9.64 Å². The predicted octanol–water partition coefficient (Wildman–Crippen LogP) is -0.733. The summed E-state index contributed by atoms with van der Waals surface area (Å²) in [6.45, 7) is 3.16. The topological polar surface area (TPSA) is 79.0 Å². The van der Waals surface area contributed by atoms with Gasteiger partial charge in [-0.05, 0) is 6.42 Å². The van der Waals surface area contributed by atoms with Crippen molar-refractivity contribution >= 4 is 16.1 Å². The molecule has 0 radical (unpaired) electrons. The fourth-order valence-corrected chi connectivity index (χ4v) is 1.87. The molecule has 0 aromatic carbocycles. The minimum Gasteiger partial charge on any atom is -0.385 e. The Kier molecular flexibility index (Phi) is 8.08. The van der Waals surface area contributed by atoms with Gasteiger partial charge in [0.1, 0.15) is 0 Å². The summed E-state index contributed by atoms with van der Waals surface area (Å²) in [5.41, 5.74) is 0. The summed E-state index contributed by atoms with van der Waals surface area (Å²) in [6, 6.07) is 0. The number of hydrogen-bond donors (Lipinski definition) is 1. The number of rotatable bonds is 9. The lowest BCUT2D eigenvalue weighted by Gasteiger charge is -2.21. The third-order valence-corrected chi connectivity index (χ3v) is 3.90. The van der Waals surface area contributed by atoms with Crippen molar-refractivity contribution in [2.45, 2.75) is 13.3 Å². The molecule has 0 aromatic rings. The average molecular weight is 281 g/mol. The molecule has 0 aliphatic rings. The molecule has 1 amide bonds. The van der Waals surface area contributed by atoms with Crippen LogP contribution in [0.4, 0.5) is 0 Å². The SMILES string of the molecule is COCCCN(CCNS(=O)(=O)N(C)C)C(C)=O. The normalized spacial score (nSPS) is 11.8. The summed E-state index contributed by atoms with van der Waals surface area (Å²) >= 11 is 0. The lowest BCUT2D eigenvalue weighted by atomic mass is 10.4. The van der Waals surface area contributed by atoms with E-state index in [0.29, 0.717) is 19.7 Å². The summed E-state index contributed by atoms with van der Waals surface area (Å²) in [4.78, 5) is 12.9. The molecule has 18 heavy (non-hydrogen) atoms. The van der Waals surface area contributed by atoms with E-state index in [9.17, 15) is 13.2 Å². The van der Waals surface area contributed by atoms with Gasteiger partial charge in [0.05, 0.1) is 0 Å². The summed E-state index contributed by atoms with van der Waals surface area (Å²) in [5, 5.41) is 0. The minimum absolute atomic E-state index is 0.0739. The lowest BCUT2D eigenvalue weighted by Crippen LogP contribution is -2.42. The highest BCUT2D eigenvalue weighted by Gasteiger charge is 2.14. The molecular formula is C10H23N3O4S. The minimum atomic E-state index is -3.42. The largest absolute Gasteiger partial charge is 0.385 e. The summed E-state index contributed by atoms with van der Waals surface area (Å²) in [7, 11) is 1.07. The van der Waals surface area contributed by atoms with Crippen LogP contribution in [0.2, 0.25) is 0 Å². The first-order valence-electron chi connectivity index (χ1n) is 5.73. The second-order valence-electron chi connectivity index (χ2n) is 4.03. The highest BCUT2D eigenvalue weighted by atomic mass is 32.2. The molecular weight excluding hydrogens is 258 g/mol. The number of methoxy groups -OCH3 is 1. The van der Waals surface area contributed by atoms with Crippen molar-refractivity contribution in [3.63, 3.8) is 0 Å². The Morgan fingerprint density at radius 3 is 2.33 bits per heavy atom. The van der Waals surface area contributed by atoms with Gasteiger partial charge in [-0.1, -0.05) is 0 Å². The van der Waals surface area contributed by atoms with Crippen molar-refractivity contribution in [3.8, 4) is 0 Å². The van der Waals surface area contributed by atoms with Crippen LogP contribution in [0.5, 0.6) is 0 Å². The Balaban J connectivity index is 4.09. The van der Waals surface area contributed by atoms with E-state index in [2.05, 4.69) is 4.72 Å². The average Bonchev–Trinajstić information content (AvgIpc) is 2.26. The van der Waals surface area contributed by atoms with Gasteiger partial charge in [0.15, 0.2) is 0 Å². The Hall–Kier alpha value is -0.700. The Morgan fingerprint density at radius 2 is 1.89 bits per heavy atom. The molecule has 0 rings (SSSR count). The Labute approximate surface area is 109 Å². The summed E-state index contributed by atoms with van der Waals surface area (Å²) < 4.78 is 31.3. The molecule has 7 nitrogen and oxygen atoms in total. The zero-order chi connectivity index (χ0) is 14.2. The van der Waals surface area contributed by atoms with Crippen LogP contribution in [0.1, 0.15) is 13.3 Å². The van der Waals surface area contributed by atoms with Crippen LogP contribution < -0.4 is 4.72 Å². The maximum atomic E-state index is 11.4. The van der Waals surface area contributed by atoms with Crippen LogP contribution in [0.15, 0.2) is 0 Å². The second kappa shape index (κ2) is 8.41. The maximum absolute atomic E-state index is 11.4. The van der Waals surface area contributed by atoms with Crippen molar-refractivity contribution in [3.05, 3.63) is 0 Å². The molecule has 0 saturated carbocycles. The maximum Gasteiger partial charge on any atom is 0.278 e. The molecule has 0 aliphatic heterocycles. The van der Waals surface area contributed by atoms with E-state index >= 15 is 0 Å². The molecule has 0 aliphatic carbocycles. The third-order valence-electron chi connectivity index (χ3n) is 2.37. The highest BCUT2D eigenvalue weighted by molar-refractivity contribution is 7.87. The van der Waals surface area contributed by atoms with Crippen LogP contribution in [0, 0.1) is 0 Å². The van der Waals surface area contributed by atoms with E-state index in [1.807, 2.05) is 0 Å². The first kappa shape index (κ1) is 17.3. The van der Waals surface area contributed by atoms with Gasteiger partial charge in [-0.3, -0.25) is 4.79 Å². The number of hydrogen-bond acceptors (Lipinski definition) is 4. The van der Waals surface area contributed by atoms with E-state index in [0.717, 1.165) is 10.7 Å². The zero-order valence-electron chi connectivity index (χ0n) is 11.5. The van der Waals surface area contributed by atoms with Gasteiger partial charge in [-0.15, -0.1) is 0 Å². The molecule has 1 N–H and O–H groups in total. The smallest absolute Gasteiger partial charge is 0.278 e. The second-order valence-corrected chi connectivity index (χ2v) is 6.00. The molecule has 0 unspecified atom stereocenters. The Morgan fingerprint density at radius 1 is 1.28 bits per heavy atom. The van der Waals surface area contributed by atoms with Crippen molar-refractivity contribution < 1.29 is 17.9 Å². The Bertz CT molecular complexity index is 343.